The molecule has 0 aliphatic rings. The first-order chi connectivity index (χ1) is 15.8. The van der Waals surface area contributed by atoms with Crippen LogP contribution in [0.5, 0.6) is 0 Å². The SMILES string of the molecule is C=c1[nH]n(-c2ccccc2)c(=O)/c1=C/c1cn(C[NH+](CC(C)C)CC(C)C)c2ccccc12. The zero-order chi connectivity index (χ0) is 23.5. The van der Waals surface area contributed by atoms with Gasteiger partial charge >= 0.3 is 0 Å². The van der Waals surface area contributed by atoms with E-state index in [1.165, 1.54) is 5.52 Å². The van der Waals surface area contributed by atoms with Crippen molar-refractivity contribution in [1.29, 1.82) is 0 Å². The molecule has 5 heteroatoms. The minimum absolute atomic E-state index is 0.0881. The Morgan fingerprint density at radius 3 is 2.27 bits per heavy atom. The van der Waals surface area contributed by atoms with E-state index in [4.69, 9.17) is 0 Å². The van der Waals surface area contributed by atoms with Crippen LogP contribution >= 0.6 is 0 Å². The van der Waals surface area contributed by atoms with Crippen LogP contribution in [-0.2, 0) is 6.67 Å². The molecule has 0 saturated carbocycles. The van der Waals surface area contributed by atoms with E-state index in [1.807, 2.05) is 36.4 Å². The normalized spacial score (nSPS) is 12.6. The Kier molecular flexibility index (Phi) is 6.70. The first-order valence-electron chi connectivity index (χ1n) is 11.8. The highest BCUT2D eigenvalue weighted by Gasteiger charge is 2.16. The van der Waals surface area contributed by atoms with Crippen LogP contribution in [0.25, 0.3) is 29.2 Å². The number of rotatable bonds is 8. The van der Waals surface area contributed by atoms with Crippen LogP contribution in [-0.4, -0.2) is 27.4 Å². The summed E-state index contributed by atoms with van der Waals surface area (Å²) in [6, 6.07) is 18.0. The topological polar surface area (TPSA) is 47.2 Å². The van der Waals surface area contributed by atoms with Crippen LogP contribution < -0.4 is 21.0 Å². The van der Waals surface area contributed by atoms with Gasteiger partial charge in [0, 0.05) is 29.0 Å². The number of aromatic nitrogens is 3. The fourth-order valence-electron chi connectivity index (χ4n) is 4.69. The average Bonchev–Trinajstić information content (AvgIpc) is 3.26. The molecule has 4 rings (SSSR count). The van der Waals surface area contributed by atoms with Crippen LogP contribution in [0.2, 0.25) is 0 Å². The number of hydrogen-bond donors (Lipinski definition) is 2. The zero-order valence-electron chi connectivity index (χ0n) is 20.1. The van der Waals surface area contributed by atoms with Gasteiger partial charge in [-0.25, -0.2) is 4.68 Å². The maximum Gasteiger partial charge on any atom is 0.279 e. The molecule has 5 nitrogen and oxygen atoms in total. The maximum absolute atomic E-state index is 13.2. The zero-order valence-corrected chi connectivity index (χ0v) is 20.1. The Balaban J connectivity index is 1.79. The quantitative estimate of drug-likeness (QED) is 0.432. The number of aromatic amines is 1. The van der Waals surface area contributed by atoms with Crippen LogP contribution in [0, 0.1) is 11.8 Å². The average molecular weight is 444 g/mol. The number of fused-ring (bicyclic) bond motifs is 1. The number of nitrogens with zero attached hydrogens (tertiary/aromatic N) is 2. The first-order valence-corrected chi connectivity index (χ1v) is 11.8. The van der Waals surface area contributed by atoms with Crippen LogP contribution in [0.3, 0.4) is 0 Å². The molecular weight excluding hydrogens is 408 g/mol. The summed E-state index contributed by atoms with van der Waals surface area (Å²) in [6.07, 6.45) is 4.16. The summed E-state index contributed by atoms with van der Waals surface area (Å²) in [5, 5.41) is 5.49. The molecule has 0 aliphatic carbocycles. The molecule has 2 aromatic heterocycles. The molecule has 0 unspecified atom stereocenters. The molecule has 0 fully saturated rings. The molecule has 0 spiro atoms. The minimum atomic E-state index is -0.0881. The van der Waals surface area contributed by atoms with Gasteiger partial charge in [-0.1, -0.05) is 70.7 Å². The predicted molar refractivity (Wildman–Crippen MR) is 137 cm³/mol. The van der Waals surface area contributed by atoms with E-state index >= 15 is 0 Å². The van der Waals surface area contributed by atoms with Gasteiger partial charge in [0.05, 0.1) is 34.9 Å². The van der Waals surface area contributed by atoms with Crippen LogP contribution in [0.15, 0.2) is 65.6 Å². The Hall–Kier alpha value is -3.31. The second-order valence-electron chi connectivity index (χ2n) is 9.80. The van der Waals surface area contributed by atoms with Crippen molar-refractivity contribution in [2.24, 2.45) is 11.8 Å². The van der Waals surface area contributed by atoms with E-state index in [0.29, 0.717) is 22.4 Å². The van der Waals surface area contributed by atoms with Gasteiger partial charge in [-0.2, -0.15) is 0 Å². The Labute approximate surface area is 195 Å². The van der Waals surface area contributed by atoms with Crippen molar-refractivity contribution in [1.82, 2.24) is 14.3 Å². The summed E-state index contributed by atoms with van der Waals surface area (Å²) in [5.41, 5.74) is 2.95. The van der Waals surface area contributed by atoms with Crippen molar-refractivity contribution in [3.05, 3.63) is 87.3 Å². The first kappa shape index (κ1) is 22.9. The molecule has 2 N–H and O–H groups in total. The lowest BCUT2D eigenvalue weighted by atomic mass is 10.1. The molecule has 0 amide bonds. The maximum atomic E-state index is 13.2. The van der Waals surface area contributed by atoms with Gasteiger partial charge in [0.2, 0.25) is 0 Å². The third-order valence-electron chi connectivity index (χ3n) is 5.93. The van der Waals surface area contributed by atoms with E-state index in [0.717, 1.165) is 36.4 Å². The van der Waals surface area contributed by atoms with Crippen LogP contribution in [0.4, 0.5) is 0 Å². The van der Waals surface area contributed by atoms with E-state index in [1.54, 1.807) is 9.58 Å². The summed E-state index contributed by atoms with van der Waals surface area (Å²) in [6.45, 7) is 16.4. The van der Waals surface area contributed by atoms with E-state index < -0.39 is 0 Å². The van der Waals surface area contributed by atoms with Gasteiger partial charge in [0.25, 0.3) is 5.56 Å². The van der Waals surface area contributed by atoms with Crippen molar-refractivity contribution in [2.45, 2.75) is 34.4 Å². The number of para-hydroxylation sites is 2. The number of H-pyrrole nitrogens is 1. The molecule has 0 aliphatic heterocycles. The van der Waals surface area contributed by atoms with E-state index in [-0.39, 0.29) is 5.56 Å². The van der Waals surface area contributed by atoms with Crippen molar-refractivity contribution >= 4 is 23.6 Å². The number of hydrogen-bond acceptors (Lipinski definition) is 1. The number of benzene rings is 2. The van der Waals surface area contributed by atoms with Gasteiger partial charge in [-0.05, 0) is 24.3 Å². The van der Waals surface area contributed by atoms with Crippen LogP contribution in [0.1, 0.15) is 33.3 Å². The highest BCUT2D eigenvalue weighted by Crippen LogP contribution is 2.21. The molecule has 4 aromatic rings. The highest BCUT2D eigenvalue weighted by atomic mass is 16.1. The molecular formula is C28H35N4O+. The van der Waals surface area contributed by atoms with Crippen molar-refractivity contribution in [3.63, 3.8) is 0 Å². The van der Waals surface area contributed by atoms with Gasteiger partial charge in [0.1, 0.15) is 0 Å². The third kappa shape index (κ3) is 5.04. The molecule has 0 radical (unpaired) electrons. The van der Waals surface area contributed by atoms with E-state index in [9.17, 15) is 4.79 Å². The minimum Gasteiger partial charge on any atom is -0.317 e. The Morgan fingerprint density at radius 2 is 1.61 bits per heavy atom. The van der Waals surface area contributed by atoms with Gasteiger partial charge in [-0.15, -0.1) is 0 Å². The number of nitrogens with one attached hydrogen (secondary N) is 2. The second kappa shape index (κ2) is 9.67. The van der Waals surface area contributed by atoms with Gasteiger partial charge in [0.15, 0.2) is 6.67 Å². The molecule has 0 bridgehead atoms. The standard InChI is InChI=1S/C28H34N4O/c1-20(2)16-30(17-21(3)4)19-31-18-23(25-13-9-10-14-27(25)31)15-26-22(5)29-32(28(26)33)24-11-7-6-8-12-24/h6-15,18,20-21,29H,5,16-17,19H2,1-4H3/p+1/b26-15+. The van der Waals surface area contributed by atoms with Crippen molar-refractivity contribution < 1.29 is 4.90 Å². The molecule has 0 saturated heterocycles. The van der Waals surface area contributed by atoms with E-state index in [2.05, 4.69) is 74.4 Å². The van der Waals surface area contributed by atoms with Crippen molar-refractivity contribution in [3.8, 4) is 5.69 Å². The third-order valence-corrected chi connectivity index (χ3v) is 5.93. The molecule has 2 aromatic carbocycles. The lowest BCUT2D eigenvalue weighted by molar-refractivity contribution is -0.928. The fourth-order valence-corrected chi connectivity index (χ4v) is 4.69. The number of quaternary nitrogens is 1. The smallest absolute Gasteiger partial charge is 0.279 e. The molecule has 33 heavy (non-hydrogen) atoms. The summed E-state index contributed by atoms with van der Waals surface area (Å²) in [5.74, 6) is 1.27. The Bertz CT molecular complexity index is 1380. The largest absolute Gasteiger partial charge is 0.317 e. The molecule has 172 valence electrons. The predicted octanol–water partition coefficient (Wildman–Crippen LogP) is 2.51. The Morgan fingerprint density at radius 1 is 0.970 bits per heavy atom. The van der Waals surface area contributed by atoms with Crippen molar-refractivity contribution in [2.75, 3.05) is 13.1 Å². The second-order valence-corrected chi connectivity index (χ2v) is 9.80. The van der Waals surface area contributed by atoms with Gasteiger partial charge < -0.3 is 4.90 Å². The summed E-state index contributed by atoms with van der Waals surface area (Å²) in [7, 11) is 0. The summed E-state index contributed by atoms with van der Waals surface area (Å²) >= 11 is 0. The monoisotopic (exact) mass is 443 g/mol. The summed E-state index contributed by atoms with van der Waals surface area (Å²) in [4.78, 5) is 14.8. The lowest BCUT2D eigenvalue weighted by Crippen LogP contribution is -3.12. The fraction of sp³-hybridized carbons (Fsp3) is 0.321. The highest BCUT2D eigenvalue weighted by molar-refractivity contribution is 5.89. The van der Waals surface area contributed by atoms with Gasteiger partial charge in [-0.3, -0.25) is 14.5 Å². The molecule has 0 atom stereocenters. The summed E-state index contributed by atoms with van der Waals surface area (Å²) < 4.78 is 3.90. The lowest BCUT2D eigenvalue weighted by Gasteiger charge is -2.24. The molecule has 2 heterocycles.